The number of nitrogens with zero attached hydrogens (tertiary/aromatic N) is 4. The van der Waals surface area contributed by atoms with Gasteiger partial charge in [0.25, 0.3) is 0 Å². The molecule has 0 bridgehead atoms. The highest BCUT2D eigenvalue weighted by molar-refractivity contribution is 5.97. The molecule has 8 nitrogen and oxygen atoms in total. The van der Waals surface area contributed by atoms with Gasteiger partial charge in [0, 0.05) is 30.1 Å². The molecule has 0 aliphatic carbocycles. The number of rotatable bonds is 4. The lowest BCUT2D eigenvalue weighted by atomic mass is 9.89. The third-order valence-corrected chi connectivity index (χ3v) is 4.22. The molecule has 4 rings (SSSR count). The highest BCUT2D eigenvalue weighted by Gasteiger charge is 2.34. The zero-order valence-electron chi connectivity index (χ0n) is 12.9. The molecule has 2 aliphatic heterocycles. The van der Waals surface area contributed by atoms with Gasteiger partial charge in [-0.05, 0) is 0 Å². The molecule has 0 radical (unpaired) electrons. The van der Waals surface area contributed by atoms with E-state index in [4.69, 9.17) is 9.47 Å². The van der Waals surface area contributed by atoms with Crippen molar-refractivity contribution in [1.82, 2.24) is 19.6 Å². The van der Waals surface area contributed by atoms with E-state index < -0.39 is 5.97 Å². The highest BCUT2D eigenvalue weighted by atomic mass is 16.5. The van der Waals surface area contributed by atoms with Crippen LogP contribution in [-0.2, 0) is 17.8 Å². The van der Waals surface area contributed by atoms with Crippen molar-refractivity contribution in [3.05, 3.63) is 18.0 Å². The van der Waals surface area contributed by atoms with Crippen molar-refractivity contribution in [2.45, 2.75) is 26.4 Å². The van der Waals surface area contributed by atoms with Crippen molar-refractivity contribution in [2.75, 3.05) is 19.8 Å². The van der Waals surface area contributed by atoms with Crippen LogP contribution in [0.15, 0.2) is 12.4 Å². The SMILES string of the molecule is CC1(Cn2cc(-c3nn4c(c3C(=O)O)OCCC4)cn2)COC1. The molecule has 8 heteroatoms. The van der Waals surface area contributed by atoms with E-state index in [9.17, 15) is 9.90 Å². The fourth-order valence-electron chi connectivity index (χ4n) is 3.03. The molecule has 2 aromatic heterocycles. The topological polar surface area (TPSA) is 91.4 Å². The Hall–Kier alpha value is -2.35. The number of carboxylic acids is 1. The fourth-order valence-corrected chi connectivity index (χ4v) is 3.03. The van der Waals surface area contributed by atoms with Crippen LogP contribution in [0.3, 0.4) is 0 Å². The summed E-state index contributed by atoms with van der Waals surface area (Å²) >= 11 is 0. The normalized spacial score (nSPS) is 18.8. The Morgan fingerprint density at radius 3 is 3.00 bits per heavy atom. The van der Waals surface area contributed by atoms with Crippen molar-refractivity contribution >= 4 is 5.97 Å². The Kier molecular flexibility index (Phi) is 3.15. The molecule has 0 atom stereocenters. The zero-order chi connectivity index (χ0) is 16.0. The number of carbonyl (C=O) groups is 1. The van der Waals surface area contributed by atoms with E-state index in [1.54, 1.807) is 10.9 Å². The predicted octanol–water partition coefficient (Wildman–Crippen LogP) is 1.26. The summed E-state index contributed by atoms with van der Waals surface area (Å²) in [5.41, 5.74) is 1.31. The number of hydrogen-bond acceptors (Lipinski definition) is 5. The quantitative estimate of drug-likeness (QED) is 0.912. The van der Waals surface area contributed by atoms with Crippen LogP contribution in [0, 0.1) is 5.41 Å². The second kappa shape index (κ2) is 5.09. The molecule has 1 fully saturated rings. The van der Waals surface area contributed by atoms with Gasteiger partial charge in [-0.3, -0.25) is 4.68 Å². The number of aromatic carboxylic acids is 1. The van der Waals surface area contributed by atoms with Crippen molar-refractivity contribution < 1.29 is 19.4 Å². The summed E-state index contributed by atoms with van der Waals surface area (Å²) in [4.78, 5) is 11.6. The van der Waals surface area contributed by atoms with E-state index in [0.717, 1.165) is 26.2 Å². The number of fused-ring (bicyclic) bond motifs is 1. The zero-order valence-corrected chi connectivity index (χ0v) is 12.9. The van der Waals surface area contributed by atoms with Crippen molar-refractivity contribution in [2.24, 2.45) is 5.41 Å². The molecule has 122 valence electrons. The summed E-state index contributed by atoms with van der Waals surface area (Å²) in [5, 5.41) is 18.3. The molecule has 0 unspecified atom stereocenters. The maximum atomic E-state index is 11.6. The van der Waals surface area contributed by atoms with Crippen LogP contribution in [0.1, 0.15) is 23.7 Å². The number of ether oxygens (including phenoxy) is 2. The Morgan fingerprint density at radius 2 is 2.30 bits per heavy atom. The second-order valence-electron chi connectivity index (χ2n) is 6.49. The minimum Gasteiger partial charge on any atom is -0.477 e. The molecular formula is C15H18N4O4. The van der Waals surface area contributed by atoms with E-state index in [-0.39, 0.29) is 11.0 Å². The summed E-state index contributed by atoms with van der Waals surface area (Å²) in [6.45, 7) is 5.50. The van der Waals surface area contributed by atoms with Crippen LogP contribution < -0.4 is 4.74 Å². The standard InChI is InChI=1S/C15H18N4O4/c1-15(8-22-9-15)7-18-6-10(5-16-18)12-11(14(20)21)13-19(17-12)3-2-4-23-13/h5-6H,2-4,7-9H2,1H3,(H,20,21). The smallest absolute Gasteiger partial charge is 0.343 e. The predicted molar refractivity (Wildman–Crippen MR) is 79.4 cm³/mol. The first-order valence-corrected chi connectivity index (χ1v) is 7.63. The third kappa shape index (κ3) is 2.39. The molecule has 0 aromatic carbocycles. The van der Waals surface area contributed by atoms with Gasteiger partial charge in [-0.15, -0.1) is 0 Å². The van der Waals surface area contributed by atoms with Gasteiger partial charge in [0.05, 0.1) is 32.6 Å². The lowest BCUT2D eigenvalue weighted by molar-refractivity contribution is -0.111. The van der Waals surface area contributed by atoms with Crippen LogP contribution in [0.25, 0.3) is 11.3 Å². The maximum absolute atomic E-state index is 11.6. The molecule has 1 N–H and O–H groups in total. The van der Waals surface area contributed by atoms with Gasteiger partial charge in [0.1, 0.15) is 11.3 Å². The molecule has 2 aromatic rings. The lowest BCUT2D eigenvalue weighted by Gasteiger charge is -2.37. The Morgan fingerprint density at radius 1 is 1.48 bits per heavy atom. The average Bonchev–Trinajstić information content (AvgIpc) is 3.09. The summed E-state index contributed by atoms with van der Waals surface area (Å²) in [5.74, 6) is -0.693. The minimum absolute atomic E-state index is 0.0927. The maximum Gasteiger partial charge on any atom is 0.343 e. The number of aromatic nitrogens is 4. The van der Waals surface area contributed by atoms with Crippen molar-refractivity contribution in [3.8, 4) is 17.1 Å². The van der Waals surface area contributed by atoms with Gasteiger partial charge in [0.15, 0.2) is 0 Å². The molecule has 23 heavy (non-hydrogen) atoms. The van der Waals surface area contributed by atoms with Crippen LogP contribution in [0.4, 0.5) is 0 Å². The van der Waals surface area contributed by atoms with E-state index in [1.165, 1.54) is 0 Å². The van der Waals surface area contributed by atoms with Crippen LogP contribution in [0.2, 0.25) is 0 Å². The van der Waals surface area contributed by atoms with Crippen molar-refractivity contribution in [3.63, 3.8) is 0 Å². The summed E-state index contributed by atoms with van der Waals surface area (Å²) in [6.07, 6.45) is 4.32. The monoisotopic (exact) mass is 318 g/mol. The van der Waals surface area contributed by atoms with Gasteiger partial charge < -0.3 is 14.6 Å². The molecular weight excluding hydrogens is 300 g/mol. The first-order valence-electron chi connectivity index (χ1n) is 7.63. The largest absolute Gasteiger partial charge is 0.477 e. The molecule has 0 spiro atoms. The number of carboxylic acid groups (broad SMARTS) is 1. The third-order valence-electron chi connectivity index (χ3n) is 4.22. The Bertz CT molecular complexity index is 760. The summed E-state index contributed by atoms with van der Waals surface area (Å²) in [7, 11) is 0. The van der Waals surface area contributed by atoms with E-state index in [2.05, 4.69) is 17.1 Å². The van der Waals surface area contributed by atoms with Gasteiger partial charge >= 0.3 is 5.97 Å². The van der Waals surface area contributed by atoms with E-state index in [1.807, 2.05) is 10.9 Å². The average molecular weight is 318 g/mol. The summed E-state index contributed by atoms with van der Waals surface area (Å²) in [6, 6.07) is 0. The minimum atomic E-state index is -1.03. The molecule has 0 saturated carbocycles. The molecule has 2 aliphatic rings. The van der Waals surface area contributed by atoms with E-state index in [0.29, 0.717) is 30.3 Å². The van der Waals surface area contributed by atoms with E-state index >= 15 is 0 Å². The van der Waals surface area contributed by atoms with Crippen LogP contribution >= 0.6 is 0 Å². The number of aryl methyl sites for hydroxylation is 1. The first kappa shape index (κ1) is 14.3. The Balaban J connectivity index is 1.69. The molecule has 1 saturated heterocycles. The fraction of sp³-hybridized carbons (Fsp3) is 0.533. The second-order valence-corrected chi connectivity index (χ2v) is 6.49. The van der Waals surface area contributed by atoms with Crippen LogP contribution in [-0.4, -0.2) is 50.5 Å². The molecule has 0 amide bonds. The van der Waals surface area contributed by atoms with Gasteiger partial charge in [-0.1, -0.05) is 6.92 Å². The van der Waals surface area contributed by atoms with Crippen molar-refractivity contribution in [1.29, 1.82) is 0 Å². The van der Waals surface area contributed by atoms with Gasteiger partial charge in [-0.25, -0.2) is 9.48 Å². The lowest BCUT2D eigenvalue weighted by Crippen LogP contribution is -2.43. The Labute approximate surface area is 132 Å². The van der Waals surface area contributed by atoms with Gasteiger partial charge in [0.2, 0.25) is 5.88 Å². The van der Waals surface area contributed by atoms with Gasteiger partial charge in [-0.2, -0.15) is 10.2 Å². The highest BCUT2D eigenvalue weighted by Crippen LogP contribution is 2.33. The summed E-state index contributed by atoms with van der Waals surface area (Å²) < 4.78 is 14.2. The molecule has 4 heterocycles. The first-order chi connectivity index (χ1) is 11.1. The number of hydrogen-bond donors (Lipinski definition) is 1. The van der Waals surface area contributed by atoms with Crippen LogP contribution in [0.5, 0.6) is 5.88 Å².